The van der Waals surface area contributed by atoms with Crippen LogP contribution in [0.1, 0.15) is 18.4 Å². The third-order valence-electron chi connectivity index (χ3n) is 3.97. The van der Waals surface area contributed by atoms with Gasteiger partial charge in [-0.3, -0.25) is 15.2 Å². The highest BCUT2D eigenvalue weighted by atomic mass is 35.5. The van der Waals surface area contributed by atoms with E-state index in [9.17, 15) is 4.79 Å². The van der Waals surface area contributed by atoms with Crippen molar-refractivity contribution in [2.45, 2.75) is 19.3 Å². The zero-order valence-electron chi connectivity index (χ0n) is 14.3. The lowest BCUT2D eigenvalue weighted by Gasteiger charge is -2.11. The van der Waals surface area contributed by atoms with Gasteiger partial charge in [-0.15, -0.1) is 0 Å². The van der Waals surface area contributed by atoms with Crippen LogP contribution in [0, 0.1) is 0 Å². The molecule has 0 aliphatic rings. The Morgan fingerprint density at radius 2 is 2.12 bits per heavy atom. The zero-order chi connectivity index (χ0) is 17.8. The lowest BCUT2D eigenvalue weighted by Crippen LogP contribution is -2.35. The van der Waals surface area contributed by atoms with E-state index in [1.165, 1.54) is 0 Å². The molecule has 25 heavy (non-hydrogen) atoms. The largest absolute Gasteiger partial charge is 0.353 e. The summed E-state index contributed by atoms with van der Waals surface area (Å²) in [5.74, 6) is 0.0160. The van der Waals surface area contributed by atoms with E-state index in [1.54, 1.807) is 25.3 Å². The number of benzene rings is 1. The number of aryl methyl sites for hydroxylation is 1. The number of H-pyrrole nitrogens is 1. The minimum absolute atomic E-state index is 0.0160. The number of nitrogens with one attached hydrogen (secondary N) is 2. The summed E-state index contributed by atoms with van der Waals surface area (Å²) in [6, 6.07) is 11.7. The number of carbonyl (C=O) groups is 1. The van der Waals surface area contributed by atoms with E-state index in [0.29, 0.717) is 11.4 Å². The fraction of sp³-hybridized carbons (Fsp3) is 0.263. The summed E-state index contributed by atoms with van der Waals surface area (Å²) in [5, 5.41) is 3.44. The number of fused-ring (bicyclic) bond motifs is 1. The molecule has 0 saturated carbocycles. The monoisotopic (exact) mass is 356 g/mol. The molecule has 0 aliphatic carbocycles. The number of aromatic amines is 1. The molecule has 0 saturated heterocycles. The van der Waals surface area contributed by atoms with Gasteiger partial charge in [0.05, 0.1) is 11.4 Å². The maximum atomic E-state index is 11.9. The number of amides is 1. The first-order valence-electron chi connectivity index (χ1n) is 8.23. The van der Waals surface area contributed by atoms with E-state index in [4.69, 9.17) is 11.6 Å². The third kappa shape index (κ3) is 4.18. The third-order valence-corrected chi connectivity index (χ3v) is 4.20. The Kier molecular flexibility index (Phi) is 5.36. The number of hydrogen-bond acceptors (Lipinski definition) is 3. The maximum absolute atomic E-state index is 11.9. The molecule has 0 spiro atoms. The highest BCUT2D eigenvalue weighted by Gasteiger charge is 2.15. The van der Waals surface area contributed by atoms with Gasteiger partial charge in [-0.05, 0) is 48.7 Å². The Bertz CT molecular complexity index is 874. The molecule has 0 fully saturated rings. The summed E-state index contributed by atoms with van der Waals surface area (Å²) in [6.45, 7) is 0. The molecule has 130 valence electrons. The van der Waals surface area contributed by atoms with E-state index in [-0.39, 0.29) is 5.91 Å². The van der Waals surface area contributed by atoms with Crippen LogP contribution in [0.2, 0.25) is 5.02 Å². The van der Waals surface area contributed by atoms with Crippen LogP contribution in [-0.2, 0) is 11.2 Å². The molecule has 2 heterocycles. The van der Waals surface area contributed by atoms with Crippen LogP contribution >= 0.6 is 11.6 Å². The second kappa shape index (κ2) is 7.68. The Hall–Kier alpha value is -2.37. The van der Waals surface area contributed by atoms with E-state index in [1.807, 2.05) is 36.4 Å². The smallest absolute Gasteiger partial charge is 0.234 e. The minimum Gasteiger partial charge on any atom is -0.353 e. The van der Waals surface area contributed by atoms with Gasteiger partial charge in [-0.1, -0.05) is 17.7 Å². The van der Waals surface area contributed by atoms with Crippen molar-refractivity contribution in [3.8, 4) is 11.4 Å². The molecule has 5 nitrogen and oxygen atoms in total. The quantitative estimate of drug-likeness (QED) is 0.660. The first-order valence-corrected chi connectivity index (χ1v) is 8.60. The number of pyridine rings is 1. The van der Waals surface area contributed by atoms with Crippen LogP contribution in [-0.4, -0.2) is 35.0 Å². The molecule has 2 N–H and O–H groups in total. The molecule has 3 rings (SSSR count). The van der Waals surface area contributed by atoms with Gasteiger partial charge in [-0.25, -0.2) is 5.01 Å². The molecule has 0 radical (unpaired) electrons. The lowest BCUT2D eigenvalue weighted by atomic mass is 10.0. The van der Waals surface area contributed by atoms with Crippen molar-refractivity contribution in [3.05, 3.63) is 53.2 Å². The highest BCUT2D eigenvalue weighted by Crippen LogP contribution is 2.32. The number of halogens is 1. The van der Waals surface area contributed by atoms with Gasteiger partial charge < -0.3 is 4.98 Å². The van der Waals surface area contributed by atoms with Crippen molar-refractivity contribution < 1.29 is 4.79 Å². The van der Waals surface area contributed by atoms with Crippen molar-refractivity contribution in [2.75, 3.05) is 14.1 Å². The highest BCUT2D eigenvalue weighted by molar-refractivity contribution is 6.31. The van der Waals surface area contributed by atoms with Crippen LogP contribution in [0.25, 0.3) is 22.3 Å². The van der Waals surface area contributed by atoms with Crippen LogP contribution in [0.5, 0.6) is 0 Å². The SMILES string of the molecule is CN(C)NC(=O)CCCc1c(-c2ccccn2)[nH]c2ccc(Cl)cc12. The number of rotatable bonds is 6. The molecule has 3 aromatic rings. The standard InChI is InChI=1S/C19H21ClN4O/c1-24(2)23-18(25)8-5-6-14-15-12-13(20)9-10-16(15)22-19(14)17-7-3-4-11-21-17/h3-4,7,9-12,22H,5-6,8H2,1-2H3,(H,23,25). The van der Waals surface area contributed by atoms with E-state index in [2.05, 4.69) is 15.4 Å². The normalized spacial score (nSPS) is 11.2. The lowest BCUT2D eigenvalue weighted by molar-refractivity contribution is -0.124. The molecule has 0 aliphatic heterocycles. The fourth-order valence-corrected chi connectivity index (χ4v) is 3.11. The Morgan fingerprint density at radius 1 is 1.28 bits per heavy atom. The van der Waals surface area contributed by atoms with Crippen molar-refractivity contribution in [1.82, 2.24) is 20.4 Å². The van der Waals surface area contributed by atoms with Crippen molar-refractivity contribution in [1.29, 1.82) is 0 Å². The average Bonchev–Trinajstić information content (AvgIpc) is 2.93. The second-order valence-electron chi connectivity index (χ2n) is 6.17. The predicted octanol–water partition coefficient (Wildman–Crippen LogP) is 3.80. The zero-order valence-corrected chi connectivity index (χ0v) is 15.1. The average molecular weight is 357 g/mol. The molecular weight excluding hydrogens is 336 g/mol. The van der Waals surface area contributed by atoms with Crippen LogP contribution < -0.4 is 5.43 Å². The van der Waals surface area contributed by atoms with Crippen molar-refractivity contribution in [3.63, 3.8) is 0 Å². The maximum Gasteiger partial charge on any atom is 0.234 e. The Labute approximate surface area is 152 Å². The van der Waals surface area contributed by atoms with E-state index < -0.39 is 0 Å². The molecule has 6 heteroatoms. The molecule has 0 unspecified atom stereocenters. The first kappa shape index (κ1) is 17.5. The van der Waals surface area contributed by atoms with Gasteiger partial charge in [0.1, 0.15) is 0 Å². The summed E-state index contributed by atoms with van der Waals surface area (Å²) >= 11 is 6.19. The number of nitrogens with zero attached hydrogens (tertiary/aromatic N) is 2. The fourth-order valence-electron chi connectivity index (χ4n) is 2.94. The summed E-state index contributed by atoms with van der Waals surface area (Å²) in [4.78, 5) is 19.8. The molecule has 2 aromatic heterocycles. The topological polar surface area (TPSA) is 61.0 Å². The number of hydrogen-bond donors (Lipinski definition) is 2. The predicted molar refractivity (Wildman–Crippen MR) is 101 cm³/mol. The molecule has 0 atom stereocenters. The number of carbonyl (C=O) groups excluding carboxylic acids is 1. The van der Waals surface area contributed by atoms with Gasteiger partial charge in [0.15, 0.2) is 0 Å². The van der Waals surface area contributed by atoms with Gasteiger partial charge in [0, 0.05) is 42.6 Å². The number of hydrazine groups is 1. The molecule has 1 amide bonds. The molecule has 1 aromatic carbocycles. The summed E-state index contributed by atoms with van der Waals surface area (Å²) in [6.07, 6.45) is 3.77. The van der Waals surface area contributed by atoms with Gasteiger partial charge in [0.2, 0.25) is 5.91 Å². The van der Waals surface area contributed by atoms with Crippen molar-refractivity contribution >= 4 is 28.4 Å². The van der Waals surface area contributed by atoms with Gasteiger partial charge in [0.25, 0.3) is 0 Å². The summed E-state index contributed by atoms with van der Waals surface area (Å²) < 4.78 is 0. The summed E-state index contributed by atoms with van der Waals surface area (Å²) in [5.41, 5.74) is 6.82. The van der Waals surface area contributed by atoms with Gasteiger partial charge in [-0.2, -0.15) is 0 Å². The van der Waals surface area contributed by atoms with E-state index in [0.717, 1.165) is 40.7 Å². The second-order valence-corrected chi connectivity index (χ2v) is 6.60. The van der Waals surface area contributed by atoms with Crippen LogP contribution in [0.15, 0.2) is 42.6 Å². The van der Waals surface area contributed by atoms with Crippen molar-refractivity contribution in [2.24, 2.45) is 0 Å². The number of aromatic nitrogens is 2. The van der Waals surface area contributed by atoms with Gasteiger partial charge >= 0.3 is 0 Å². The Balaban J connectivity index is 1.89. The first-order chi connectivity index (χ1) is 12.0. The molecular formula is C19H21ClN4O. The van der Waals surface area contributed by atoms with E-state index >= 15 is 0 Å². The van der Waals surface area contributed by atoms with Crippen LogP contribution in [0.3, 0.4) is 0 Å². The minimum atomic E-state index is 0.0160. The van der Waals surface area contributed by atoms with Crippen LogP contribution in [0.4, 0.5) is 0 Å². The molecule has 0 bridgehead atoms. The summed E-state index contributed by atoms with van der Waals surface area (Å²) in [7, 11) is 3.61. The Morgan fingerprint density at radius 3 is 2.84 bits per heavy atom.